The summed E-state index contributed by atoms with van der Waals surface area (Å²) in [5.41, 5.74) is 4.33. The first-order valence-electron chi connectivity index (χ1n) is 11.2. The summed E-state index contributed by atoms with van der Waals surface area (Å²) in [4.78, 5) is 29.8. The molecule has 0 aromatic heterocycles. The first-order valence-corrected chi connectivity index (χ1v) is 11.2. The largest absolute Gasteiger partial charge is 0.335 e. The average molecular weight is 405 g/mol. The molecule has 2 heterocycles. The van der Waals surface area contributed by atoms with E-state index < -0.39 is 0 Å². The lowest BCUT2D eigenvalue weighted by atomic mass is 9.89. The molecule has 0 N–H and O–H groups in total. The predicted molar refractivity (Wildman–Crippen MR) is 120 cm³/mol. The summed E-state index contributed by atoms with van der Waals surface area (Å²) in [6, 6.07) is 17.3. The zero-order chi connectivity index (χ0) is 21.1. The Balaban J connectivity index is 1.55. The Kier molecular flexibility index (Phi) is 6.33. The number of ketones is 1. The summed E-state index contributed by atoms with van der Waals surface area (Å²) < 4.78 is 0. The van der Waals surface area contributed by atoms with Gasteiger partial charge in [-0.15, -0.1) is 0 Å². The number of nitrogens with zero attached hydrogens (tertiary/aromatic N) is 2. The van der Waals surface area contributed by atoms with E-state index in [1.54, 1.807) is 0 Å². The molecule has 0 saturated carbocycles. The maximum atomic E-state index is 13.5. The van der Waals surface area contributed by atoms with Gasteiger partial charge in [-0.25, -0.2) is 0 Å². The van der Waals surface area contributed by atoms with Crippen LogP contribution in [0.3, 0.4) is 0 Å². The van der Waals surface area contributed by atoms with Crippen LogP contribution < -0.4 is 0 Å². The SMILES string of the molecule is Cc1cc(C)cc(C(=O)N2CC[C@H](N3CCC(=O)CC3)C[C@H]2Cc2ccccc2)c1. The Morgan fingerprint density at radius 2 is 1.63 bits per heavy atom. The summed E-state index contributed by atoms with van der Waals surface area (Å²) in [6.07, 6.45) is 4.17. The highest BCUT2D eigenvalue weighted by molar-refractivity contribution is 5.95. The average Bonchev–Trinajstić information content (AvgIpc) is 2.74. The molecule has 0 radical (unpaired) electrons. The van der Waals surface area contributed by atoms with Crippen LogP contribution in [0.25, 0.3) is 0 Å². The van der Waals surface area contributed by atoms with E-state index in [0.29, 0.717) is 24.7 Å². The number of aryl methyl sites for hydroxylation is 2. The minimum atomic E-state index is 0.148. The molecule has 158 valence electrons. The number of carbonyl (C=O) groups is 2. The van der Waals surface area contributed by atoms with Crippen LogP contribution in [0.2, 0.25) is 0 Å². The summed E-state index contributed by atoms with van der Waals surface area (Å²) >= 11 is 0. The molecule has 4 heteroatoms. The maximum Gasteiger partial charge on any atom is 0.254 e. The molecule has 0 unspecified atom stereocenters. The number of piperidine rings is 2. The van der Waals surface area contributed by atoms with Crippen molar-refractivity contribution in [2.24, 2.45) is 0 Å². The van der Waals surface area contributed by atoms with Gasteiger partial charge in [0.25, 0.3) is 5.91 Å². The summed E-state index contributed by atoms with van der Waals surface area (Å²) in [5, 5.41) is 0. The van der Waals surface area contributed by atoms with E-state index in [-0.39, 0.29) is 11.9 Å². The van der Waals surface area contributed by atoms with E-state index in [9.17, 15) is 9.59 Å². The van der Waals surface area contributed by atoms with Gasteiger partial charge in [-0.3, -0.25) is 14.5 Å². The second-order valence-corrected chi connectivity index (χ2v) is 8.97. The third-order valence-electron chi connectivity index (χ3n) is 6.60. The van der Waals surface area contributed by atoms with Gasteiger partial charge in [0.15, 0.2) is 0 Å². The molecule has 30 heavy (non-hydrogen) atoms. The fourth-order valence-corrected chi connectivity index (χ4v) is 5.11. The lowest BCUT2D eigenvalue weighted by Gasteiger charge is -2.44. The van der Waals surface area contributed by atoms with Crippen LogP contribution in [-0.2, 0) is 11.2 Å². The van der Waals surface area contributed by atoms with Gasteiger partial charge < -0.3 is 4.90 Å². The highest BCUT2D eigenvalue weighted by Crippen LogP contribution is 2.28. The fraction of sp³-hybridized carbons (Fsp3) is 0.462. The zero-order valence-electron chi connectivity index (χ0n) is 18.1. The fourth-order valence-electron chi connectivity index (χ4n) is 5.11. The molecule has 2 aliphatic heterocycles. The second-order valence-electron chi connectivity index (χ2n) is 8.97. The molecule has 1 amide bonds. The van der Waals surface area contributed by atoms with Gasteiger partial charge in [-0.1, -0.05) is 47.5 Å². The lowest BCUT2D eigenvalue weighted by molar-refractivity contribution is -0.122. The smallest absolute Gasteiger partial charge is 0.254 e. The van der Waals surface area contributed by atoms with Crippen molar-refractivity contribution in [1.82, 2.24) is 9.80 Å². The first kappa shape index (κ1) is 20.8. The van der Waals surface area contributed by atoms with Gasteiger partial charge in [-0.05, 0) is 50.8 Å². The highest BCUT2D eigenvalue weighted by Gasteiger charge is 2.35. The van der Waals surface area contributed by atoms with Crippen molar-refractivity contribution in [1.29, 1.82) is 0 Å². The quantitative estimate of drug-likeness (QED) is 0.767. The van der Waals surface area contributed by atoms with E-state index in [1.807, 2.05) is 18.2 Å². The van der Waals surface area contributed by atoms with Crippen molar-refractivity contribution in [3.63, 3.8) is 0 Å². The molecule has 0 bridgehead atoms. The molecule has 2 aliphatic rings. The van der Waals surface area contributed by atoms with Crippen LogP contribution in [0, 0.1) is 13.8 Å². The number of hydrogen-bond donors (Lipinski definition) is 0. The Labute approximate surface area is 179 Å². The Morgan fingerprint density at radius 3 is 2.30 bits per heavy atom. The van der Waals surface area contributed by atoms with Crippen molar-refractivity contribution in [3.8, 4) is 0 Å². The molecule has 4 rings (SSSR count). The van der Waals surface area contributed by atoms with Gasteiger partial charge >= 0.3 is 0 Å². The summed E-state index contributed by atoms with van der Waals surface area (Å²) in [7, 11) is 0. The number of Topliss-reactive ketones (excluding diaryl/α,β-unsaturated/α-hetero) is 1. The minimum absolute atomic E-state index is 0.148. The van der Waals surface area contributed by atoms with Crippen molar-refractivity contribution in [3.05, 3.63) is 70.8 Å². The topological polar surface area (TPSA) is 40.6 Å². The highest BCUT2D eigenvalue weighted by atomic mass is 16.2. The minimum Gasteiger partial charge on any atom is -0.335 e. The summed E-state index contributed by atoms with van der Waals surface area (Å²) in [6.45, 7) is 6.61. The molecule has 2 saturated heterocycles. The van der Waals surface area contributed by atoms with Gasteiger partial charge in [0, 0.05) is 50.1 Å². The number of hydrogen-bond acceptors (Lipinski definition) is 3. The zero-order valence-corrected chi connectivity index (χ0v) is 18.1. The van der Waals surface area contributed by atoms with Crippen LogP contribution in [-0.4, -0.2) is 53.2 Å². The number of carbonyl (C=O) groups excluding carboxylic acids is 2. The molecule has 2 atom stereocenters. The van der Waals surface area contributed by atoms with Gasteiger partial charge in [0.1, 0.15) is 5.78 Å². The number of rotatable bonds is 4. The van der Waals surface area contributed by atoms with E-state index in [0.717, 1.165) is 55.6 Å². The predicted octanol–water partition coefficient (Wildman–Crippen LogP) is 4.18. The van der Waals surface area contributed by atoms with Crippen molar-refractivity contribution < 1.29 is 9.59 Å². The third-order valence-corrected chi connectivity index (χ3v) is 6.60. The van der Waals surface area contributed by atoms with E-state index >= 15 is 0 Å². The molecule has 2 aromatic carbocycles. The Hall–Kier alpha value is -2.46. The third kappa shape index (κ3) is 4.81. The Bertz CT molecular complexity index is 878. The van der Waals surface area contributed by atoms with Crippen molar-refractivity contribution >= 4 is 11.7 Å². The maximum absolute atomic E-state index is 13.5. The normalized spacial score (nSPS) is 22.9. The van der Waals surface area contributed by atoms with Gasteiger partial charge in [0.2, 0.25) is 0 Å². The summed E-state index contributed by atoms with van der Waals surface area (Å²) in [5.74, 6) is 0.532. The molecule has 2 aromatic rings. The second kappa shape index (κ2) is 9.13. The molecule has 0 spiro atoms. The first-order chi connectivity index (χ1) is 14.5. The Morgan fingerprint density at radius 1 is 0.967 bits per heavy atom. The van der Waals surface area contributed by atoms with Crippen molar-refractivity contribution in [2.45, 2.75) is 58.0 Å². The van der Waals surface area contributed by atoms with E-state index in [2.05, 4.69) is 54.0 Å². The number of amides is 1. The van der Waals surface area contributed by atoms with Crippen LogP contribution >= 0.6 is 0 Å². The molecule has 4 nitrogen and oxygen atoms in total. The van der Waals surface area contributed by atoms with Crippen LogP contribution in [0.15, 0.2) is 48.5 Å². The molecular weight excluding hydrogens is 372 g/mol. The van der Waals surface area contributed by atoms with Crippen LogP contribution in [0.5, 0.6) is 0 Å². The molecular formula is C26H32N2O2. The van der Waals surface area contributed by atoms with E-state index in [1.165, 1.54) is 5.56 Å². The standard InChI is InChI=1S/C26H32N2O2/c1-19-14-20(2)16-22(15-19)26(30)28-13-8-23(27-11-9-25(29)10-12-27)18-24(28)17-21-6-4-3-5-7-21/h3-7,14-16,23-24H,8-13,17-18H2,1-2H3/t23-,24+/m0/s1. The monoisotopic (exact) mass is 404 g/mol. The number of likely N-dealkylation sites (tertiary alicyclic amines) is 2. The molecule has 0 aliphatic carbocycles. The van der Waals surface area contributed by atoms with Crippen molar-refractivity contribution in [2.75, 3.05) is 19.6 Å². The van der Waals surface area contributed by atoms with Crippen LogP contribution in [0.1, 0.15) is 52.7 Å². The van der Waals surface area contributed by atoms with E-state index in [4.69, 9.17) is 0 Å². The van der Waals surface area contributed by atoms with Gasteiger partial charge in [-0.2, -0.15) is 0 Å². The van der Waals surface area contributed by atoms with Crippen LogP contribution in [0.4, 0.5) is 0 Å². The van der Waals surface area contributed by atoms with Gasteiger partial charge in [0.05, 0.1) is 0 Å². The molecule has 2 fully saturated rings. The lowest BCUT2D eigenvalue weighted by Crippen LogP contribution is -2.54. The number of benzene rings is 2.